The Labute approximate surface area is 138 Å². The topological polar surface area (TPSA) is 45.2 Å². The van der Waals surface area contributed by atoms with Gasteiger partial charge < -0.3 is 10.2 Å². The monoisotopic (exact) mass is 333 g/mol. The van der Waals surface area contributed by atoms with Crippen LogP contribution in [0, 0.1) is 0 Å². The zero-order valence-corrected chi connectivity index (χ0v) is 13.5. The Hall–Kier alpha value is -1.85. The average molecular weight is 334 g/mol. The first kappa shape index (κ1) is 15.1. The Morgan fingerprint density at radius 2 is 2.32 bits per heavy atom. The number of halogens is 1. The largest absolute Gasteiger partial charge is 0.348 e. The molecular weight excluding hydrogens is 318 g/mol. The summed E-state index contributed by atoms with van der Waals surface area (Å²) in [5, 5.41) is 6.65. The summed E-state index contributed by atoms with van der Waals surface area (Å²) in [6.07, 6.45) is 6.02. The number of hydrogen-bond donors (Lipinski definition) is 1. The van der Waals surface area contributed by atoms with E-state index in [1.54, 1.807) is 23.6 Å². The minimum Gasteiger partial charge on any atom is -0.348 e. The molecule has 1 saturated heterocycles. The smallest absolute Gasteiger partial charge is 0.244 e. The quantitative estimate of drug-likeness (QED) is 0.874. The predicted octanol–water partition coefficient (Wildman–Crippen LogP) is 3.20. The summed E-state index contributed by atoms with van der Waals surface area (Å²) in [6, 6.07) is 7.61. The third-order valence-electron chi connectivity index (χ3n) is 3.54. The van der Waals surface area contributed by atoms with Crippen LogP contribution in [0.4, 0.5) is 5.13 Å². The highest BCUT2D eigenvalue weighted by Gasteiger charge is 2.24. The maximum atomic E-state index is 12.0. The number of nitrogens with one attached hydrogen (secondary N) is 1. The lowest BCUT2D eigenvalue weighted by Crippen LogP contribution is -2.36. The molecule has 2 heterocycles. The molecule has 1 aliphatic heterocycles. The number of carbonyl (C=O) groups excluding carboxylic acids is 1. The Balaban J connectivity index is 1.54. The third-order valence-corrected chi connectivity index (χ3v) is 4.72. The lowest BCUT2D eigenvalue weighted by Gasteiger charge is -2.15. The second-order valence-electron chi connectivity index (χ2n) is 5.11. The van der Waals surface area contributed by atoms with Gasteiger partial charge in [-0.05, 0) is 24.1 Å². The van der Waals surface area contributed by atoms with Crippen LogP contribution in [-0.4, -0.2) is 30.0 Å². The number of amides is 1. The van der Waals surface area contributed by atoms with Crippen molar-refractivity contribution in [3.05, 3.63) is 52.5 Å². The summed E-state index contributed by atoms with van der Waals surface area (Å²) in [7, 11) is 0. The second kappa shape index (κ2) is 6.94. The lowest BCUT2D eigenvalue weighted by atomic mass is 10.2. The van der Waals surface area contributed by atoms with Gasteiger partial charge in [0.2, 0.25) is 5.91 Å². The second-order valence-corrected chi connectivity index (χ2v) is 6.39. The standard InChI is InChI=1S/C16H16ClN3OS/c17-14-4-2-1-3-12(14)5-6-15(21)19-13-7-9-20(11-13)16-18-8-10-22-16/h1-6,8,10,13H,7,9,11H2,(H,19,21)/b6-5+/t13-/m1/s1. The van der Waals surface area contributed by atoms with Crippen LogP contribution in [0.25, 0.3) is 6.08 Å². The molecule has 0 radical (unpaired) electrons. The molecule has 0 spiro atoms. The molecular formula is C16H16ClN3OS. The summed E-state index contributed by atoms with van der Waals surface area (Å²) in [4.78, 5) is 18.5. The normalized spacial score (nSPS) is 18.0. The first-order valence-corrected chi connectivity index (χ1v) is 8.35. The van der Waals surface area contributed by atoms with Crippen molar-refractivity contribution in [2.24, 2.45) is 0 Å². The van der Waals surface area contributed by atoms with Gasteiger partial charge >= 0.3 is 0 Å². The van der Waals surface area contributed by atoms with E-state index in [9.17, 15) is 4.79 Å². The van der Waals surface area contributed by atoms with Crippen molar-refractivity contribution in [2.75, 3.05) is 18.0 Å². The van der Waals surface area contributed by atoms with E-state index in [0.29, 0.717) is 5.02 Å². The molecule has 3 rings (SSSR count). The van der Waals surface area contributed by atoms with Crippen LogP contribution in [-0.2, 0) is 4.79 Å². The third kappa shape index (κ3) is 3.67. The van der Waals surface area contributed by atoms with E-state index in [2.05, 4.69) is 15.2 Å². The summed E-state index contributed by atoms with van der Waals surface area (Å²) in [5.74, 6) is -0.0918. The first-order valence-electron chi connectivity index (χ1n) is 7.10. The SMILES string of the molecule is O=C(/C=C/c1ccccc1Cl)N[C@@H]1CCN(c2nccs2)C1. The van der Waals surface area contributed by atoms with Crippen molar-refractivity contribution in [1.29, 1.82) is 0 Å². The molecule has 1 N–H and O–H groups in total. The molecule has 0 aliphatic carbocycles. The van der Waals surface area contributed by atoms with E-state index in [4.69, 9.17) is 11.6 Å². The summed E-state index contributed by atoms with van der Waals surface area (Å²) < 4.78 is 0. The number of carbonyl (C=O) groups is 1. The highest BCUT2D eigenvalue weighted by Crippen LogP contribution is 2.22. The number of nitrogens with zero attached hydrogens (tertiary/aromatic N) is 2. The maximum absolute atomic E-state index is 12.0. The molecule has 1 aliphatic rings. The van der Waals surface area contributed by atoms with Gasteiger partial charge in [0.15, 0.2) is 5.13 Å². The molecule has 1 amide bonds. The van der Waals surface area contributed by atoms with Crippen LogP contribution in [0.1, 0.15) is 12.0 Å². The fourth-order valence-electron chi connectivity index (χ4n) is 2.45. The average Bonchev–Trinajstić information content (AvgIpc) is 3.17. The molecule has 0 saturated carbocycles. The fraction of sp³-hybridized carbons (Fsp3) is 0.250. The zero-order chi connectivity index (χ0) is 15.4. The molecule has 114 valence electrons. The molecule has 1 aromatic heterocycles. The van der Waals surface area contributed by atoms with Crippen molar-refractivity contribution in [3.8, 4) is 0 Å². The summed E-state index contributed by atoms with van der Waals surface area (Å²) in [6.45, 7) is 1.73. The molecule has 1 atom stereocenters. The van der Waals surface area contributed by atoms with Gasteiger partial charge in [-0.25, -0.2) is 4.98 Å². The van der Waals surface area contributed by atoms with Crippen LogP contribution in [0.5, 0.6) is 0 Å². The molecule has 1 fully saturated rings. The molecule has 1 aromatic carbocycles. The van der Waals surface area contributed by atoms with E-state index in [-0.39, 0.29) is 11.9 Å². The highest BCUT2D eigenvalue weighted by molar-refractivity contribution is 7.13. The Morgan fingerprint density at radius 1 is 1.45 bits per heavy atom. The van der Waals surface area contributed by atoms with Gasteiger partial charge in [-0.3, -0.25) is 4.79 Å². The molecule has 0 bridgehead atoms. The number of anilines is 1. The van der Waals surface area contributed by atoms with Gasteiger partial charge in [0, 0.05) is 41.8 Å². The van der Waals surface area contributed by atoms with Crippen LogP contribution in [0.3, 0.4) is 0 Å². The van der Waals surface area contributed by atoms with E-state index < -0.39 is 0 Å². The number of rotatable bonds is 4. The summed E-state index contributed by atoms with van der Waals surface area (Å²) >= 11 is 7.68. The van der Waals surface area contributed by atoms with Gasteiger partial charge in [-0.1, -0.05) is 29.8 Å². The molecule has 0 unspecified atom stereocenters. The van der Waals surface area contributed by atoms with Crippen molar-refractivity contribution in [2.45, 2.75) is 12.5 Å². The van der Waals surface area contributed by atoms with Gasteiger partial charge in [-0.15, -0.1) is 11.3 Å². The zero-order valence-electron chi connectivity index (χ0n) is 11.9. The number of hydrogen-bond acceptors (Lipinski definition) is 4. The van der Waals surface area contributed by atoms with Gasteiger partial charge in [0.25, 0.3) is 0 Å². The van der Waals surface area contributed by atoms with Crippen molar-refractivity contribution in [3.63, 3.8) is 0 Å². The van der Waals surface area contributed by atoms with E-state index in [1.165, 1.54) is 6.08 Å². The molecule has 6 heteroatoms. The number of benzene rings is 1. The van der Waals surface area contributed by atoms with Crippen molar-refractivity contribution < 1.29 is 4.79 Å². The molecule has 22 heavy (non-hydrogen) atoms. The summed E-state index contributed by atoms with van der Waals surface area (Å²) in [5.41, 5.74) is 0.843. The van der Waals surface area contributed by atoms with Crippen LogP contribution >= 0.6 is 22.9 Å². The Morgan fingerprint density at radius 3 is 3.09 bits per heavy atom. The molecule has 4 nitrogen and oxygen atoms in total. The van der Waals surface area contributed by atoms with Gasteiger partial charge in [0.1, 0.15) is 0 Å². The fourth-order valence-corrected chi connectivity index (χ4v) is 3.33. The van der Waals surface area contributed by atoms with Gasteiger partial charge in [0.05, 0.1) is 0 Å². The van der Waals surface area contributed by atoms with E-state index in [0.717, 1.165) is 30.2 Å². The molecule has 2 aromatic rings. The van der Waals surface area contributed by atoms with E-state index in [1.807, 2.05) is 29.6 Å². The maximum Gasteiger partial charge on any atom is 0.244 e. The number of thiazole rings is 1. The Bertz CT molecular complexity index is 672. The minimum absolute atomic E-state index is 0.0918. The van der Waals surface area contributed by atoms with Crippen LogP contribution in [0.15, 0.2) is 41.9 Å². The first-order chi connectivity index (χ1) is 10.7. The van der Waals surface area contributed by atoms with Crippen molar-refractivity contribution >= 4 is 40.1 Å². The van der Waals surface area contributed by atoms with Crippen LogP contribution in [0.2, 0.25) is 5.02 Å². The lowest BCUT2D eigenvalue weighted by molar-refractivity contribution is -0.117. The highest BCUT2D eigenvalue weighted by atomic mass is 35.5. The number of aromatic nitrogens is 1. The van der Waals surface area contributed by atoms with Crippen LogP contribution < -0.4 is 10.2 Å². The Kier molecular flexibility index (Phi) is 4.75. The predicted molar refractivity (Wildman–Crippen MR) is 91.4 cm³/mol. The minimum atomic E-state index is -0.0918. The van der Waals surface area contributed by atoms with E-state index >= 15 is 0 Å². The van der Waals surface area contributed by atoms with Crippen molar-refractivity contribution in [1.82, 2.24) is 10.3 Å². The van der Waals surface area contributed by atoms with Gasteiger partial charge in [-0.2, -0.15) is 0 Å².